The number of benzene rings is 1. The Morgan fingerprint density at radius 2 is 1.74 bits per heavy atom. The van der Waals surface area contributed by atoms with Crippen molar-refractivity contribution in [2.75, 3.05) is 6.54 Å². The number of carbonyl (C=O) groups excluding carboxylic acids is 1. The maximum atomic E-state index is 13.8. The Hall–Kier alpha value is -1.51. The molecule has 0 heterocycles. The van der Waals surface area contributed by atoms with Gasteiger partial charge < -0.3 is 10.4 Å². The Morgan fingerprint density at radius 3 is 2.42 bits per heavy atom. The summed E-state index contributed by atoms with van der Waals surface area (Å²) in [5, 5.41) is 13.7. The molecular formula is C28H39NO2. The maximum absolute atomic E-state index is 13.8. The highest BCUT2D eigenvalue weighted by Crippen LogP contribution is 2.60. The normalized spacial score (nSPS) is 45.1. The Balaban J connectivity index is 1.23. The minimum Gasteiger partial charge on any atom is -0.508 e. The Kier molecular flexibility index (Phi) is 4.38. The van der Waals surface area contributed by atoms with Crippen molar-refractivity contribution in [2.24, 2.45) is 34.5 Å². The highest BCUT2D eigenvalue weighted by molar-refractivity contribution is 5.83. The van der Waals surface area contributed by atoms with Crippen molar-refractivity contribution in [3.63, 3.8) is 0 Å². The summed E-state index contributed by atoms with van der Waals surface area (Å²) in [7, 11) is 0. The van der Waals surface area contributed by atoms with Gasteiger partial charge in [-0.3, -0.25) is 4.79 Å². The second kappa shape index (κ2) is 6.75. The number of fused-ring (bicyclic) bond motifs is 3. The zero-order chi connectivity index (χ0) is 21.4. The molecule has 3 nitrogen and oxygen atoms in total. The Bertz CT molecular complexity index is 871. The maximum Gasteiger partial charge on any atom is 0.226 e. The van der Waals surface area contributed by atoms with E-state index >= 15 is 0 Å². The minimum atomic E-state index is -0.307. The molecule has 0 saturated heterocycles. The molecule has 3 atom stereocenters. The van der Waals surface area contributed by atoms with Gasteiger partial charge in [0.2, 0.25) is 5.91 Å². The van der Waals surface area contributed by atoms with Crippen LogP contribution < -0.4 is 5.32 Å². The molecule has 168 valence electrons. The van der Waals surface area contributed by atoms with Crippen molar-refractivity contribution in [3.8, 4) is 5.75 Å². The van der Waals surface area contributed by atoms with E-state index in [1.807, 2.05) is 12.1 Å². The molecule has 1 aromatic carbocycles. The number of phenolic OH excluding ortho intramolecular Hbond substituents is 1. The van der Waals surface area contributed by atoms with E-state index in [4.69, 9.17) is 0 Å². The van der Waals surface area contributed by atoms with Gasteiger partial charge in [-0.1, -0.05) is 26.3 Å². The van der Waals surface area contributed by atoms with Gasteiger partial charge in [0.05, 0.1) is 5.41 Å². The van der Waals surface area contributed by atoms with Crippen molar-refractivity contribution in [1.82, 2.24) is 5.32 Å². The molecule has 0 spiro atoms. The molecule has 1 aromatic rings. The molecule has 1 amide bonds. The van der Waals surface area contributed by atoms with E-state index in [2.05, 4.69) is 25.2 Å². The summed E-state index contributed by atoms with van der Waals surface area (Å²) < 4.78 is 0. The average molecular weight is 422 g/mol. The Labute approximate surface area is 187 Å². The highest BCUT2D eigenvalue weighted by atomic mass is 16.3. The largest absolute Gasteiger partial charge is 0.508 e. The molecule has 0 unspecified atom stereocenters. The van der Waals surface area contributed by atoms with Crippen LogP contribution in [0.25, 0.3) is 0 Å². The Morgan fingerprint density at radius 1 is 1.06 bits per heavy atom. The highest BCUT2D eigenvalue weighted by Gasteiger charge is 2.56. The van der Waals surface area contributed by atoms with Crippen LogP contribution in [0, 0.1) is 34.5 Å². The zero-order valence-electron chi connectivity index (χ0n) is 19.4. The molecular weight excluding hydrogens is 382 g/mol. The molecule has 6 aliphatic rings. The fourth-order valence-corrected chi connectivity index (χ4v) is 9.70. The van der Waals surface area contributed by atoms with Crippen LogP contribution in [0.4, 0.5) is 0 Å². The van der Waals surface area contributed by atoms with Gasteiger partial charge >= 0.3 is 0 Å². The van der Waals surface area contributed by atoms with Crippen molar-refractivity contribution in [1.29, 1.82) is 0 Å². The fourth-order valence-electron chi connectivity index (χ4n) is 9.70. The molecule has 0 aliphatic heterocycles. The first-order valence-corrected chi connectivity index (χ1v) is 12.9. The summed E-state index contributed by atoms with van der Waals surface area (Å²) in [6.07, 6.45) is 13.7. The standard InChI is InChI=1S/C28H39NO2/c1-26-8-3-9-27(2,24(26)7-5-21-4-6-22(30)13-23(21)26)25(31)29-17-28-14-18-10-19(15-28)12-20(11-18)16-28/h4,6,13,18-20,24,30H,3,5,7-12,14-17H2,1-2H3,(H,29,31)/t18?,19?,20?,24-,26-,27+,28?/m1/s1. The first-order chi connectivity index (χ1) is 14.8. The smallest absolute Gasteiger partial charge is 0.226 e. The third kappa shape index (κ3) is 3.01. The molecule has 3 heteroatoms. The molecule has 6 aliphatic carbocycles. The second-order valence-electron chi connectivity index (χ2n) is 12.7. The van der Waals surface area contributed by atoms with Crippen LogP contribution in [0.5, 0.6) is 5.75 Å². The molecule has 2 N–H and O–H groups in total. The van der Waals surface area contributed by atoms with Crippen LogP contribution in [0.2, 0.25) is 0 Å². The van der Waals surface area contributed by atoms with E-state index < -0.39 is 0 Å². The number of hydrogen-bond donors (Lipinski definition) is 2. The van der Waals surface area contributed by atoms with Crippen LogP contribution in [-0.4, -0.2) is 17.6 Å². The first-order valence-electron chi connectivity index (χ1n) is 12.9. The third-order valence-corrected chi connectivity index (χ3v) is 10.6. The zero-order valence-corrected chi connectivity index (χ0v) is 19.4. The van der Waals surface area contributed by atoms with E-state index in [-0.39, 0.29) is 10.8 Å². The summed E-state index contributed by atoms with van der Waals surface area (Å²) in [5.41, 5.74) is 2.73. The first kappa shape index (κ1) is 20.1. The van der Waals surface area contributed by atoms with Crippen LogP contribution in [-0.2, 0) is 16.6 Å². The predicted molar refractivity (Wildman–Crippen MR) is 123 cm³/mol. The number of hydrogen-bond acceptors (Lipinski definition) is 2. The summed E-state index contributed by atoms with van der Waals surface area (Å²) in [6, 6.07) is 5.91. The van der Waals surface area contributed by atoms with Crippen LogP contribution in [0.15, 0.2) is 18.2 Å². The average Bonchev–Trinajstić information content (AvgIpc) is 2.71. The van der Waals surface area contributed by atoms with Gasteiger partial charge in [-0.05, 0) is 122 Å². The molecule has 0 radical (unpaired) electrons. The number of amides is 1. The molecule has 7 rings (SSSR count). The topological polar surface area (TPSA) is 49.3 Å². The quantitative estimate of drug-likeness (QED) is 0.654. The van der Waals surface area contributed by atoms with Gasteiger partial charge in [0.25, 0.3) is 0 Å². The van der Waals surface area contributed by atoms with Gasteiger partial charge in [0.15, 0.2) is 0 Å². The lowest BCUT2D eigenvalue weighted by atomic mass is 9.49. The van der Waals surface area contributed by atoms with E-state index in [9.17, 15) is 9.90 Å². The number of carbonyl (C=O) groups is 1. The lowest BCUT2D eigenvalue weighted by Gasteiger charge is -2.57. The van der Waals surface area contributed by atoms with Crippen LogP contribution >= 0.6 is 0 Å². The monoisotopic (exact) mass is 421 g/mol. The number of aromatic hydroxyl groups is 1. The van der Waals surface area contributed by atoms with Crippen LogP contribution in [0.3, 0.4) is 0 Å². The van der Waals surface area contributed by atoms with Crippen molar-refractivity contribution in [2.45, 2.75) is 89.9 Å². The lowest BCUT2D eigenvalue weighted by molar-refractivity contribution is -0.141. The molecule has 0 aromatic heterocycles. The van der Waals surface area contributed by atoms with Crippen molar-refractivity contribution >= 4 is 5.91 Å². The minimum absolute atomic E-state index is 0.0165. The van der Waals surface area contributed by atoms with Crippen molar-refractivity contribution in [3.05, 3.63) is 29.3 Å². The lowest BCUT2D eigenvalue weighted by Crippen LogP contribution is -2.57. The van der Waals surface area contributed by atoms with Crippen molar-refractivity contribution < 1.29 is 9.90 Å². The summed E-state index contributed by atoms with van der Waals surface area (Å²) >= 11 is 0. The third-order valence-electron chi connectivity index (χ3n) is 10.6. The SMILES string of the molecule is C[C@]1(C(=O)NCC23CC4CC(CC(C4)C2)C3)CCC[C@]2(C)c3cc(O)ccc3CC[C@@H]12. The van der Waals surface area contributed by atoms with Crippen LogP contribution in [0.1, 0.15) is 89.2 Å². The number of aryl methyl sites for hydroxylation is 1. The van der Waals surface area contributed by atoms with Gasteiger partial charge in [-0.25, -0.2) is 0 Å². The summed E-state index contributed by atoms with van der Waals surface area (Å²) in [5.74, 6) is 3.80. The number of phenols is 1. The second-order valence-corrected chi connectivity index (χ2v) is 12.7. The van der Waals surface area contributed by atoms with E-state index in [1.54, 1.807) is 0 Å². The summed E-state index contributed by atoms with van der Waals surface area (Å²) in [4.78, 5) is 13.8. The number of nitrogens with one attached hydrogen (secondary N) is 1. The van der Waals surface area contributed by atoms with Gasteiger partial charge in [0.1, 0.15) is 5.75 Å². The predicted octanol–water partition coefficient (Wildman–Crippen LogP) is 5.74. The molecule has 5 saturated carbocycles. The van der Waals surface area contributed by atoms with Gasteiger partial charge in [0, 0.05) is 6.54 Å². The van der Waals surface area contributed by atoms with Gasteiger partial charge in [-0.15, -0.1) is 0 Å². The number of rotatable bonds is 3. The fraction of sp³-hybridized carbons (Fsp3) is 0.750. The van der Waals surface area contributed by atoms with E-state index in [1.165, 1.54) is 49.7 Å². The van der Waals surface area contributed by atoms with Gasteiger partial charge in [-0.2, -0.15) is 0 Å². The molecule has 31 heavy (non-hydrogen) atoms. The van der Waals surface area contributed by atoms with E-state index in [0.29, 0.717) is 23.0 Å². The summed E-state index contributed by atoms with van der Waals surface area (Å²) in [6.45, 7) is 5.52. The molecule has 5 fully saturated rings. The van der Waals surface area contributed by atoms with E-state index in [0.717, 1.165) is 56.4 Å². The molecule has 4 bridgehead atoms.